The van der Waals surface area contributed by atoms with Gasteiger partial charge < -0.3 is 10.6 Å². The molecule has 0 saturated carbocycles. The maximum Gasteiger partial charge on any atom is 0.237 e. The summed E-state index contributed by atoms with van der Waals surface area (Å²) in [4.78, 5) is 18.3. The van der Waals surface area contributed by atoms with Gasteiger partial charge in [0.25, 0.3) is 0 Å². The number of fused-ring (bicyclic) bond motifs is 1. The Hall–Kier alpha value is -0.910. The van der Waals surface area contributed by atoms with E-state index in [-0.39, 0.29) is 5.91 Å². The van der Waals surface area contributed by atoms with Crippen LogP contribution >= 0.6 is 11.3 Å². The first-order valence-electron chi connectivity index (χ1n) is 7.93. The van der Waals surface area contributed by atoms with Crippen molar-refractivity contribution in [2.45, 2.75) is 26.3 Å². The molecule has 1 amide bonds. The molecule has 116 valence electrons. The Morgan fingerprint density at radius 3 is 3.14 bits per heavy atom. The standard InChI is InChI=1S/C16H25N3OS/c1-12-2-5-18(9-14(12)8-17)11-16(20)19-6-3-15-13(10-19)4-7-21-15/h4,7,12,14H,2-3,5-6,8-11,17H2,1H3. The van der Waals surface area contributed by atoms with E-state index in [1.807, 2.05) is 16.2 Å². The fraction of sp³-hybridized carbons (Fsp3) is 0.688. The first-order valence-corrected chi connectivity index (χ1v) is 8.80. The minimum absolute atomic E-state index is 0.275. The predicted molar refractivity (Wildman–Crippen MR) is 86.2 cm³/mol. The summed E-state index contributed by atoms with van der Waals surface area (Å²) in [7, 11) is 0. The second-order valence-corrected chi connectivity index (χ2v) is 7.43. The summed E-state index contributed by atoms with van der Waals surface area (Å²) in [5.74, 6) is 1.50. The number of likely N-dealkylation sites (tertiary alicyclic amines) is 1. The third kappa shape index (κ3) is 3.30. The summed E-state index contributed by atoms with van der Waals surface area (Å²) in [6.45, 7) is 7.23. The number of nitrogens with two attached hydrogens (primary N) is 1. The maximum atomic E-state index is 12.5. The molecule has 1 aromatic rings. The second-order valence-electron chi connectivity index (χ2n) is 6.43. The van der Waals surface area contributed by atoms with E-state index in [2.05, 4.69) is 23.3 Å². The molecule has 1 fully saturated rings. The lowest BCUT2D eigenvalue weighted by Gasteiger charge is -2.37. The number of hydrogen-bond donors (Lipinski definition) is 1. The Kier molecular flexibility index (Phi) is 4.62. The zero-order valence-electron chi connectivity index (χ0n) is 12.8. The molecule has 1 saturated heterocycles. The van der Waals surface area contributed by atoms with Crippen LogP contribution in [-0.2, 0) is 17.8 Å². The number of nitrogens with zero attached hydrogens (tertiary/aromatic N) is 2. The normalized spacial score (nSPS) is 26.7. The minimum atomic E-state index is 0.275. The number of hydrogen-bond acceptors (Lipinski definition) is 4. The summed E-state index contributed by atoms with van der Waals surface area (Å²) >= 11 is 1.82. The number of amides is 1. The lowest BCUT2D eigenvalue weighted by Crippen LogP contribution is -2.48. The van der Waals surface area contributed by atoms with Crippen LogP contribution < -0.4 is 5.73 Å². The summed E-state index contributed by atoms with van der Waals surface area (Å²) in [6.07, 6.45) is 2.17. The zero-order chi connectivity index (χ0) is 14.8. The lowest BCUT2D eigenvalue weighted by molar-refractivity contribution is -0.134. The smallest absolute Gasteiger partial charge is 0.237 e. The number of carbonyl (C=O) groups is 1. The second kappa shape index (κ2) is 6.46. The maximum absolute atomic E-state index is 12.5. The Balaban J connectivity index is 1.55. The van der Waals surface area contributed by atoms with Crippen LogP contribution in [-0.4, -0.2) is 48.4 Å². The predicted octanol–water partition coefficient (Wildman–Crippen LogP) is 1.55. The van der Waals surface area contributed by atoms with Crippen LogP contribution in [0.15, 0.2) is 11.4 Å². The van der Waals surface area contributed by atoms with Crippen LogP contribution in [0, 0.1) is 11.8 Å². The van der Waals surface area contributed by atoms with Gasteiger partial charge in [-0.3, -0.25) is 9.69 Å². The molecule has 0 aliphatic carbocycles. The van der Waals surface area contributed by atoms with Crippen molar-refractivity contribution in [2.24, 2.45) is 17.6 Å². The van der Waals surface area contributed by atoms with Gasteiger partial charge in [-0.15, -0.1) is 11.3 Å². The van der Waals surface area contributed by atoms with Crippen molar-refractivity contribution >= 4 is 17.2 Å². The lowest BCUT2D eigenvalue weighted by atomic mass is 9.87. The van der Waals surface area contributed by atoms with E-state index in [4.69, 9.17) is 5.73 Å². The highest BCUT2D eigenvalue weighted by Gasteiger charge is 2.28. The van der Waals surface area contributed by atoms with Gasteiger partial charge in [0.15, 0.2) is 0 Å². The molecule has 0 bridgehead atoms. The van der Waals surface area contributed by atoms with Gasteiger partial charge in [-0.2, -0.15) is 0 Å². The van der Waals surface area contributed by atoms with Crippen LogP contribution in [0.1, 0.15) is 23.8 Å². The van der Waals surface area contributed by atoms with Gasteiger partial charge in [0.1, 0.15) is 0 Å². The summed E-state index contributed by atoms with van der Waals surface area (Å²) in [5, 5.41) is 2.14. The molecule has 4 nitrogen and oxygen atoms in total. The number of thiophene rings is 1. The van der Waals surface area contributed by atoms with Crippen LogP contribution in [0.25, 0.3) is 0 Å². The number of rotatable bonds is 3. The summed E-state index contributed by atoms with van der Waals surface area (Å²) < 4.78 is 0. The molecule has 5 heteroatoms. The quantitative estimate of drug-likeness (QED) is 0.922. The number of piperidine rings is 1. The SMILES string of the molecule is CC1CCN(CC(=O)N2CCc3sccc3C2)CC1CN. The van der Waals surface area contributed by atoms with Gasteiger partial charge in [0.2, 0.25) is 5.91 Å². The van der Waals surface area contributed by atoms with Gasteiger partial charge in [0, 0.05) is 24.5 Å². The molecule has 3 rings (SSSR count). The third-order valence-corrected chi connectivity index (χ3v) is 6.04. The van der Waals surface area contributed by atoms with Crippen molar-refractivity contribution < 1.29 is 4.79 Å². The Morgan fingerprint density at radius 1 is 1.48 bits per heavy atom. The van der Waals surface area contributed by atoms with Crippen molar-refractivity contribution in [3.05, 3.63) is 21.9 Å². The van der Waals surface area contributed by atoms with Crippen LogP contribution in [0.4, 0.5) is 0 Å². The molecule has 0 radical (unpaired) electrons. The van der Waals surface area contributed by atoms with Gasteiger partial charge in [0.05, 0.1) is 6.54 Å². The van der Waals surface area contributed by atoms with Crippen LogP contribution in [0.3, 0.4) is 0 Å². The van der Waals surface area contributed by atoms with Gasteiger partial charge in [-0.05, 0) is 54.8 Å². The van der Waals surface area contributed by atoms with Crippen molar-refractivity contribution in [2.75, 3.05) is 32.7 Å². The average molecular weight is 307 g/mol. The van der Waals surface area contributed by atoms with Crippen molar-refractivity contribution in [1.82, 2.24) is 9.80 Å². The molecule has 0 spiro atoms. The summed E-state index contributed by atoms with van der Waals surface area (Å²) in [6, 6.07) is 2.16. The van der Waals surface area contributed by atoms with Crippen molar-refractivity contribution in [3.8, 4) is 0 Å². The van der Waals surface area contributed by atoms with Gasteiger partial charge >= 0.3 is 0 Å². The Bertz CT molecular complexity index is 501. The van der Waals surface area contributed by atoms with Crippen molar-refractivity contribution in [1.29, 1.82) is 0 Å². The molecule has 2 N–H and O–H groups in total. The van der Waals surface area contributed by atoms with E-state index in [1.54, 1.807) is 0 Å². The third-order valence-electron chi connectivity index (χ3n) is 5.02. The molecule has 1 aromatic heterocycles. The molecule has 2 aliphatic heterocycles. The Morgan fingerprint density at radius 2 is 2.33 bits per heavy atom. The van der Waals surface area contributed by atoms with E-state index in [1.165, 1.54) is 10.4 Å². The molecule has 2 unspecified atom stereocenters. The molecular weight excluding hydrogens is 282 g/mol. The van der Waals surface area contributed by atoms with Crippen LogP contribution in [0.5, 0.6) is 0 Å². The molecule has 2 aliphatic rings. The van der Waals surface area contributed by atoms with Crippen molar-refractivity contribution in [3.63, 3.8) is 0 Å². The molecule has 21 heavy (non-hydrogen) atoms. The highest BCUT2D eigenvalue weighted by Crippen LogP contribution is 2.25. The fourth-order valence-electron chi connectivity index (χ4n) is 3.43. The molecule has 2 atom stereocenters. The number of carbonyl (C=O) groups excluding carboxylic acids is 1. The minimum Gasteiger partial charge on any atom is -0.337 e. The molecular formula is C16H25N3OS. The topological polar surface area (TPSA) is 49.6 Å². The average Bonchev–Trinajstić information content (AvgIpc) is 2.96. The first-order chi connectivity index (χ1) is 10.2. The van der Waals surface area contributed by atoms with Crippen LogP contribution in [0.2, 0.25) is 0 Å². The fourth-order valence-corrected chi connectivity index (χ4v) is 4.32. The highest BCUT2D eigenvalue weighted by atomic mass is 32.1. The van der Waals surface area contributed by atoms with E-state index < -0.39 is 0 Å². The summed E-state index contributed by atoms with van der Waals surface area (Å²) in [5.41, 5.74) is 7.19. The van der Waals surface area contributed by atoms with Gasteiger partial charge in [-0.25, -0.2) is 0 Å². The van der Waals surface area contributed by atoms with E-state index in [9.17, 15) is 4.79 Å². The molecule has 3 heterocycles. The van der Waals surface area contributed by atoms with Gasteiger partial charge in [-0.1, -0.05) is 6.92 Å². The zero-order valence-corrected chi connectivity index (χ0v) is 13.6. The van der Waals surface area contributed by atoms with E-state index in [0.29, 0.717) is 18.4 Å². The van der Waals surface area contributed by atoms with E-state index >= 15 is 0 Å². The first kappa shape index (κ1) is 15.0. The molecule has 0 aromatic carbocycles. The Labute approximate surface area is 130 Å². The monoisotopic (exact) mass is 307 g/mol. The van der Waals surface area contributed by atoms with E-state index in [0.717, 1.165) is 45.6 Å². The highest BCUT2D eigenvalue weighted by molar-refractivity contribution is 7.10. The largest absolute Gasteiger partial charge is 0.337 e.